The van der Waals surface area contributed by atoms with Crippen molar-refractivity contribution in [1.82, 2.24) is 15.1 Å². The SMILES string of the molecule is CC(C)(C)NC(=O)Nc1cccc(-n2cccn2)c1. The number of carbonyl (C=O) groups excluding carboxylic acids is 1. The largest absolute Gasteiger partial charge is 0.333 e. The van der Waals surface area contributed by atoms with Crippen LogP contribution in [-0.4, -0.2) is 21.4 Å². The lowest BCUT2D eigenvalue weighted by molar-refractivity contribution is 0.244. The molecule has 5 heteroatoms. The molecule has 1 aromatic carbocycles. The van der Waals surface area contributed by atoms with Gasteiger partial charge in [0, 0.05) is 23.6 Å². The van der Waals surface area contributed by atoms with E-state index in [1.807, 2.05) is 57.3 Å². The number of rotatable bonds is 2. The van der Waals surface area contributed by atoms with Gasteiger partial charge in [-0.1, -0.05) is 6.07 Å². The van der Waals surface area contributed by atoms with Crippen LogP contribution in [-0.2, 0) is 0 Å². The van der Waals surface area contributed by atoms with Crippen LogP contribution in [0.3, 0.4) is 0 Å². The van der Waals surface area contributed by atoms with E-state index in [1.165, 1.54) is 0 Å². The molecule has 19 heavy (non-hydrogen) atoms. The summed E-state index contributed by atoms with van der Waals surface area (Å²) in [6, 6.07) is 9.16. The van der Waals surface area contributed by atoms with Gasteiger partial charge in [-0.05, 0) is 45.0 Å². The first kappa shape index (κ1) is 13.1. The molecule has 2 N–H and O–H groups in total. The Bertz CT molecular complexity index is 555. The number of amides is 2. The van der Waals surface area contributed by atoms with E-state index in [1.54, 1.807) is 10.9 Å². The topological polar surface area (TPSA) is 59.0 Å². The maximum atomic E-state index is 11.8. The zero-order valence-corrected chi connectivity index (χ0v) is 11.3. The van der Waals surface area contributed by atoms with E-state index in [-0.39, 0.29) is 11.6 Å². The second-order valence-electron chi connectivity index (χ2n) is 5.33. The molecule has 0 aliphatic heterocycles. The number of nitrogens with one attached hydrogen (secondary N) is 2. The van der Waals surface area contributed by atoms with Gasteiger partial charge in [-0.3, -0.25) is 0 Å². The maximum absolute atomic E-state index is 11.8. The molecule has 0 saturated carbocycles. The first-order chi connectivity index (χ1) is 8.94. The highest BCUT2D eigenvalue weighted by molar-refractivity contribution is 5.89. The van der Waals surface area contributed by atoms with Crippen LogP contribution >= 0.6 is 0 Å². The lowest BCUT2D eigenvalue weighted by Crippen LogP contribution is -2.43. The van der Waals surface area contributed by atoms with Gasteiger partial charge in [0.25, 0.3) is 0 Å². The van der Waals surface area contributed by atoms with E-state index >= 15 is 0 Å². The minimum atomic E-state index is -0.260. The van der Waals surface area contributed by atoms with Crippen molar-refractivity contribution >= 4 is 11.7 Å². The number of carbonyl (C=O) groups is 1. The van der Waals surface area contributed by atoms with E-state index in [4.69, 9.17) is 0 Å². The molecule has 0 radical (unpaired) electrons. The monoisotopic (exact) mass is 258 g/mol. The Kier molecular flexibility index (Phi) is 3.55. The fraction of sp³-hybridized carbons (Fsp3) is 0.286. The molecule has 0 unspecified atom stereocenters. The number of urea groups is 1. The molecule has 0 saturated heterocycles. The van der Waals surface area contributed by atoms with Crippen LogP contribution in [0.4, 0.5) is 10.5 Å². The summed E-state index contributed by atoms with van der Waals surface area (Å²) in [6.45, 7) is 5.81. The summed E-state index contributed by atoms with van der Waals surface area (Å²) in [7, 11) is 0. The summed E-state index contributed by atoms with van der Waals surface area (Å²) in [5.74, 6) is 0. The molecular formula is C14H18N4O. The number of anilines is 1. The third-order valence-corrected chi connectivity index (χ3v) is 2.36. The number of aromatic nitrogens is 2. The average molecular weight is 258 g/mol. The summed E-state index contributed by atoms with van der Waals surface area (Å²) in [5.41, 5.74) is 1.37. The third kappa shape index (κ3) is 3.84. The Morgan fingerprint density at radius 1 is 1.26 bits per heavy atom. The van der Waals surface area contributed by atoms with Crippen molar-refractivity contribution in [3.05, 3.63) is 42.7 Å². The van der Waals surface area contributed by atoms with Gasteiger partial charge in [0.2, 0.25) is 0 Å². The van der Waals surface area contributed by atoms with Crippen molar-refractivity contribution in [3.63, 3.8) is 0 Å². The van der Waals surface area contributed by atoms with Crippen molar-refractivity contribution in [2.45, 2.75) is 26.3 Å². The molecule has 0 aliphatic rings. The highest BCUT2D eigenvalue weighted by atomic mass is 16.2. The van der Waals surface area contributed by atoms with Crippen molar-refractivity contribution in [2.75, 3.05) is 5.32 Å². The van der Waals surface area contributed by atoms with E-state index in [9.17, 15) is 4.79 Å². The molecule has 0 aliphatic carbocycles. The summed E-state index contributed by atoms with van der Waals surface area (Å²) < 4.78 is 1.74. The maximum Gasteiger partial charge on any atom is 0.319 e. The van der Waals surface area contributed by atoms with Gasteiger partial charge < -0.3 is 10.6 Å². The van der Waals surface area contributed by atoms with Gasteiger partial charge in [0.15, 0.2) is 0 Å². The van der Waals surface area contributed by atoms with Gasteiger partial charge in [0.1, 0.15) is 0 Å². The Morgan fingerprint density at radius 3 is 2.68 bits per heavy atom. The molecule has 0 spiro atoms. The fourth-order valence-electron chi connectivity index (χ4n) is 1.65. The van der Waals surface area contributed by atoms with Crippen LogP contribution in [0.15, 0.2) is 42.7 Å². The van der Waals surface area contributed by atoms with Crippen molar-refractivity contribution in [2.24, 2.45) is 0 Å². The zero-order valence-electron chi connectivity index (χ0n) is 11.3. The molecule has 2 amide bonds. The minimum absolute atomic E-state index is 0.217. The second kappa shape index (κ2) is 5.14. The Balaban J connectivity index is 2.10. The van der Waals surface area contributed by atoms with Gasteiger partial charge >= 0.3 is 6.03 Å². The van der Waals surface area contributed by atoms with E-state index in [0.29, 0.717) is 0 Å². The van der Waals surface area contributed by atoms with Gasteiger partial charge in [-0.2, -0.15) is 5.10 Å². The van der Waals surface area contributed by atoms with E-state index < -0.39 is 0 Å². The number of hydrogen-bond donors (Lipinski definition) is 2. The molecule has 2 rings (SSSR count). The van der Waals surface area contributed by atoms with Crippen molar-refractivity contribution in [3.8, 4) is 5.69 Å². The van der Waals surface area contributed by atoms with Gasteiger partial charge in [-0.15, -0.1) is 0 Å². The third-order valence-electron chi connectivity index (χ3n) is 2.36. The summed E-state index contributed by atoms with van der Waals surface area (Å²) in [5, 5.41) is 9.81. The second-order valence-corrected chi connectivity index (χ2v) is 5.33. The summed E-state index contributed by atoms with van der Waals surface area (Å²) >= 11 is 0. The van der Waals surface area contributed by atoms with E-state index in [2.05, 4.69) is 15.7 Å². The Hall–Kier alpha value is -2.30. The standard InChI is InChI=1S/C14H18N4O/c1-14(2,3)17-13(19)16-11-6-4-7-12(10-11)18-9-5-8-15-18/h4-10H,1-3H3,(H2,16,17,19). The van der Waals surface area contributed by atoms with Crippen LogP contribution in [0.2, 0.25) is 0 Å². The lowest BCUT2D eigenvalue weighted by Gasteiger charge is -2.20. The highest BCUT2D eigenvalue weighted by Gasteiger charge is 2.13. The Labute approximate surface area is 112 Å². The van der Waals surface area contributed by atoms with Crippen molar-refractivity contribution < 1.29 is 4.79 Å². The number of nitrogens with zero attached hydrogens (tertiary/aromatic N) is 2. The van der Waals surface area contributed by atoms with Crippen molar-refractivity contribution in [1.29, 1.82) is 0 Å². The molecule has 100 valence electrons. The highest BCUT2D eigenvalue weighted by Crippen LogP contribution is 2.14. The molecule has 0 atom stereocenters. The average Bonchev–Trinajstić information content (AvgIpc) is 2.79. The van der Waals surface area contributed by atoms with Gasteiger partial charge in [-0.25, -0.2) is 9.48 Å². The van der Waals surface area contributed by atoms with Gasteiger partial charge in [0.05, 0.1) is 5.69 Å². The molecule has 1 heterocycles. The number of hydrogen-bond acceptors (Lipinski definition) is 2. The predicted octanol–water partition coefficient (Wildman–Crippen LogP) is 2.79. The fourth-order valence-corrected chi connectivity index (χ4v) is 1.65. The Morgan fingerprint density at radius 2 is 2.05 bits per heavy atom. The smallest absolute Gasteiger partial charge is 0.319 e. The lowest BCUT2D eigenvalue weighted by atomic mass is 10.1. The first-order valence-corrected chi connectivity index (χ1v) is 6.13. The first-order valence-electron chi connectivity index (χ1n) is 6.13. The molecule has 0 bridgehead atoms. The molecule has 1 aromatic heterocycles. The quantitative estimate of drug-likeness (QED) is 0.870. The van der Waals surface area contributed by atoms with Crippen LogP contribution < -0.4 is 10.6 Å². The predicted molar refractivity (Wildman–Crippen MR) is 75.5 cm³/mol. The normalized spacial score (nSPS) is 11.1. The molecular weight excluding hydrogens is 240 g/mol. The minimum Gasteiger partial charge on any atom is -0.333 e. The molecule has 0 fully saturated rings. The summed E-state index contributed by atoms with van der Waals surface area (Å²) in [6.07, 6.45) is 3.57. The van der Waals surface area contributed by atoms with Crippen LogP contribution in [0.25, 0.3) is 5.69 Å². The van der Waals surface area contributed by atoms with Crippen LogP contribution in [0.5, 0.6) is 0 Å². The summed E-state index contributed by atoms with van der Waals surface area (Å²) in [4.78, 5) is 11.8. The van der Waals surface area contributed by atoms with E-state index in [0.717, 1.165) is 11.4 Å². The van der Waals surface area contributed by atoms with Crippen LogP contribution in [0, 0.1) is 0 Å². The van der Waals surface area contributed by atoms with Crippen LogP contribution in [0.1, 0.15) is 20.8 Å². The number of benzene rings is 1. The zero-order chi connectivity index (χ0) is 13.9. The molecule has 2 aromatic rings. The molecule has 5 nitrogen and oxygen atoms in total.